The number of carbonyl (C=O) groups excluding carboxylic acids is 1. The van der Waals surface area contributed by atoms with Gasteiger partial charge in [-0.3, -0.25) is 4.79 Å². The molecule has 1 N–H and O–H groups in total. The van der Waals surface area contributed by atoms with Gasteiger partial charge in [-0.15, -0.1) is 0 Å². The topological polar surface area (TPSA) is 40.9 Å². The van der Waals surface area contributed by atoms with Gasteiger partial charge in [0.05, 0.1) is 0 Å². The summed E-state index contributed by atoms with van der Waals surface area (Å²) >= 11 is 0. The maximum absolute atomic E-state index is 11.2. The first-order chi connectivity index (χ1) is 6.81. The fourth-order valence-corrected chi connectivity index (χ4v) is 1.46. The number of Topliss-reactive ketones (excluding diaryl/α,β-unsaturated/α-hetero) is 1. The smallest absolute Gasteiger partial charge is 0.133 e. The van der Waals surface area contributed by atoms with Gasteiger partial charge in [-0.25, -0.2) is 0 Å². The Bertz CT molecular complexity index is 154. The summed E-state index contributed by atoms with van der Waals surface area (Å²) in [7, 11) is 0. The molecule has 0 saturated carbocycles. The minimum absolute atomic E-state index is 0.323. The summed E-state index contributed by atoms with van der Waals surface area (Å²) in [5.74, 6) is 0.323. The molecule has 0 atom stereocenters. The number of rotatable bonds is 10. The average molecular weight is 197 g/mol. The predicted molar refractivity (Wildman–Crippen MR) is 61.0 cm³/mol. The monoisotopic (exact) mass is 197 g/mol. The molecule has 0 spiro atoms. The third-order valence-corrected chi connectivity index (χ3v) is 2.38. The van der Waals surface area contributed by atoms with Gasteiger partial charge in [-0.2, -0.15) is 0 Å². The second-order valence-corrected chi connectivity index (χ2v) is 3.80. The van der Waals surface area contributed by atoms with Gasteiger partial charge in [-0.05, 0) is 19.1 Å². The summed E-state index contributed by atoms with van der Waals surface area (Å²) in [6.45, 7) is 2.21. The molecule has 0 unspecified atom stereocenters. The fourth-order valence-electron chi connectivity index (χ4n) is 1.46. The lowest BCUT2D eigenvalue weighted by Gasteiger charge is -1.99. The lowest BCUT2D eigenvalue weighted by molar-refractivity contribution is -0.119. The van der Waals surface area contributed by atoms with E-state index in [1.54, 1.807) is 0 Å². The average Bonchev–Trinajstić information content (AvgIpc) is 2.20. The van der Waals surface area contributed by atoms with Crippen molar-refractivity contribution in [2.75, 3.05) is 0 Å². The van der Waals surface area contributed by atoms with E-state index >= 15 is 0 Å². The van der Waals surface area contributed by atoms with Crippen molar-refractivity contribution in [2.24, 2.45) is 0 Å². The van der Waals surface area contributed by atoms with Crippen LogP contribution in [0.15, 0.2) is 0 Å². The number of nitrogens with one attached hydrogen (secondary N) is 1. The summed E-state index contributed by atoms with van der Waals surface area (Å²) in [5.41, 5.74) is 0. The van der Waals surface area contributed by atoms with Crippen LogP contribution in [0.1, 0.15) is 64.7 Å². The number of carbonyl (C=O) groups is 1. The summed E-state index contributed by atoms with van der Waals surface area (Å²) in [4.78, 5) is 11.2. The van der Waals surface area contributed by atoms with Crippen molar-refractivity contribution < 1.29 is 4.79 Å². The highest BCUT2D eigenvalue weighted by Crippen LogP contribution is 2.08. The summed E-state index contributed by atoms with van der Waals surface area (Å²) in [6.07, 6.45) is 10.6. The van der Waals surface area contributed by atoms with Crippen LogP contribution in [0.4, 0.5) is 0 Å². The van der Waals surface area contributed by atoms with E-state index in [9.17, 15) is 4.79 Å². The van der Waals surface area contributed by atoms with Crippen molar-refractivity contribution in [3.05, 3.63) is 0 Å². The summed E-state index contributed by atoms with van der Waals surface area (Å²) in [6, 6.07) is 0. The first kappa shape index (κ1) is 13.3. The van der Waals surface area contributed by atoms with Crippen LogP contribution in [0.5, 0.6) is 0 Å². The molecular weight excluding hydrogens is 174 g/mol. The van der Waals surface area contributed by atoms with Gasteiger partial charge in [-0.1, -0.05) is 39.0 Å². The summed E-state index contributed by atoms with van der Waals surface area (Å²) < 4.78 is 0. The normalized spacial score (nSPS) is 10.1. The zero-order chi connectivity index (χ0) is 10.6. The zero-order valence-corrected chi connectivity index (χ0v) is 9.35. The Morgan fingerprint density at radius 2 is 1.71 bits per heavy atom. The van der Waals surface area contributed by atoms with E-state index in [1.807, 2.05) is 0 Å². The fraction of sp³-hybridized carbons (Fsp3) is 0.833. The van der Waals surface area contributed by atoms with E-state index in [2.05, 4.69) is 6.92 Å². The zero-order valence-electron chi connectivity index (χ0n) is 9.35. The van der Waals surface area contributed by atoms with E-state index in [0.717, 1.165) is 12.8 Å². The molecule has 0 heterocycles. The number of unbranched alkanes of at least 4 members (excludes halogenated alkanes) is 5. The molecule has 0 fully saturated rings. The molecule has 0 saturated heterocycles. The van der Waals surface area contributed by atoms with Gasteiger partial charge in [0.15, 0.2) is 0 Å². The van der Waals surface area contributed by atoms with Crippen molar-refractivity contribution in [3.8, 4) is 0 Å². The van der Waals surface area contributed by atoms with Crippen LogP contribution in [0.3, 0.4) is 0 Å². The van der Waals surface area contributed by atoms with E-state index in [-0.39, 0.29) is 0 Å². The van der Waals surface area contributed by atoms with E-state index in [0.29, 0.717) is 18.6 Å². The van der Waals surface area contributed by atoms with Crippen molar-refractivity contribution >= 4 is 12.0 Å². The van der Waals surface area contributed by atoms with Crippen molar-refractivity contribution in [1.29, 1.82) is 5.41 Å². The lowest BCUT2D eigenvalue weighted by atomic mass is 10.1. The third kappa shape index (κ3) is 9.43. The minimum Gasteiger partial charge on any atom is -0.313 e. The molecule has 0 bridgehead atoms. The van der Waals surface area contributed by atoms with Crippen molar-refractivity contribution in [1.82, 2.24) is 0 Å². The van der Waals surface area contributed by atoms with Crippen LogP contribution in [0, 0.1) is 5.41 Å². The van der Waals surface area contributed by atoms with Crippen LogP contribution in [-0.4, -0.2) is 12.0 Å². The van der Waals surface area contributed by atoms with Crippen LogP contribution in [-0.2, 0) is 4.79 Å². The Labute approximate surface area is 87.6 Å². The van der Waals surface area contributed by atoms with E-state index < -0.39 is 0 Å². The lowest BCUT2D eigenvalue weighted by Crippen LogP contribution is -1.97. The van der Waals surface area contributed by atoms with Crippen molar-refractivity contribution in [3.63, 3.8) is 0 Å². The Balaban J connectivity index is 3.10. The maximum atomic E-state index is 11.2. The maximum Gasteiger partial charge on any atom is 0.133 e. The van der Waals surface area contributed by atoms with E-state index in [4.69, 9.17) is 5.41 Å². The van der Waals surface area contributed by atoms with Gasteiger partial charge in [0.25, 0.3) is 0 Å². The van der Waals surface area contributed by atoms with Crippen LogP contribution in [0.25, 0.3) is 0 Å². The molecular formula is C12H23NO. The molecule has 0 radical (unpaired) electrons. The highest BCUT2D eigenvalue weighted by molar-refractivity contribution is 5.80. The van der Waals surface area contributed by atoms with E-state index in [1.165, 1.54) is 38.3 Å². The minimum atomic E-state index is 0.323. The first-order valence-corrected chi connectivity index (χ1v) is 5.82. The highest BCUT2D eigenvalue weighted by atomic mass is 16.1. The Hall–Kier alpha value is -0.660. The predicted octanol–water partition coefficient (Wildman–Crippen LogP) is 3.74. The molecule has 0 aliphatic heterocycles. The van der Waals surface area contributed by atoms with Gasteiger partial charge in [0, 0.05) is 12.8 Å². The first-order valence-electron chi connectivity index (χ1n) is 5.82. The number of hydrogen-bond acceptors (Lipinski definition) is 2. The van der Waals surface area contributed by atoms with Gasteiger partial charge in [0.2, 0.25) is 0 Å². The second kappa shape index (κ2) is 10.4. The molecule has 0 aromatic carbocycles. The standard InChI is InChI=1S/C12H23NO/c1-2-3-4-5-6-7-9-12(14)10-8-11-13/h11,13H,2-10H2,1H3. The molecule has 82 valence electrons. The SMILES string of the molecule is CCCCCCCCC(=O)CCC=N. The van der Waals surface area contributed by atoms with Crippen LogP contribution >= 0.6 is 0 Å². The molecule has 14 heavy (non-hydrogen) atoms. The molecule has 0 amide bonds. The highest BCUT2D eigenvalue weighted by Gasteiger charge is 1.99. The Kier molecular flexibility index (Phi) is 9.93. The molecule has 0 aromatic rings. The van der Waals surface area contributed by atoms with Crippen LogP contribution in [0.2, 0.25) is 0 Å². The summed E-state index contributed by atoms with van der Waals surface area (Å²) in [5, 5.41) is 6.81. The Morgan fingerprint density at radius 1 is 1.07 bits per heavy atom. The third-order valence-electron chi connectivity index (χ3n) is 2.38. The van der Waals surface area contributed by atoms with Gasteiger partial charge in [0.1, 0.15) is 5.78 Å². The molecule has 0 rings (SSSR count). The van der Waals surface area contributed by atoms with Gasteiger partial charge < -0.3 is 5.41 Å². The molecule has 2 nitrogen and oxygen atoms in total. The quantitative estimate of drug-likeness (QED) is 0.420. The molecule has 0 aromatic heterocycles. The number of hydrogen-bond donors (Lipinski definition) is 1. The second-order valence-electron chi connectivity index (χ2n) is 3.80. The molecule has 0 aliphatic rings. The molecule has 0 aliphatic carbocycles. The Morgan fingerprint density at radius 3 is 2.36 bits per heavy atom. The van der Waals surface area contributed by atoms with Crippen LogP contribution < -0.4 is 0 Å². The van der Waals surface area contributed by atoms with Crippen molar-refractivity contribution in [2.45, 2.75) is 64.7 Å². The van der Waals surface area contributed by atoms with Gasteiger partial charge >= 0.3 is 0 Å². The molecule has 2 heteroatoms. The number of ketones is 1. The largest absolute Gasteiger partial charge is 0.313 e.